The molecular weight excluding hydrogens is 448 g/mol. The summed E-state index contributed by atoms with van der Waals surface area (Å²) in [6.45, 7) is -0.205. The number of benzene rings is 3. The molecule has 0 fully saturated rings. The van der Waals surface area contributed by atoms with Crippen LogP contribution in [-0.2, 0) is 14.8 Å². The van der Waals surface area contributed by atoms with Crippen molar-refractivity contribution in [3.63, 3.8) is 0 Å². The van der Waals surface area contributed by atoms with Crippen LogP contribution in [0, 0.1) is 0 Å². The zero-order valence-corrected chi connectivity index (χ0v) is 19.1. The predicted molar refractivity (Wildman–Crippen MR) is 124 cm³/mol. The fraction of sp³-hybridized carbons (Fsp3) is 0.174. The van der Waals surface area contributed by atoms with Crippen LogP contribution in [0.15, 0.2) is 71.6 Å². The first-order chi connectivity index (χ1) is 15.8. The average molecular weight is 473 g/mol. The van der Waals surface area contributed by atoms with Crippen molar-refractivity contribution in [2.45, 2.75) is 4.90 Å². The van der Waals surface area contributed by atoms with Crippen molar-refractivity contribution in [1.29, 1.82) is 0 Å². The van der Waals surface area contributed by atoms with Crippen molar-refractivity contribution >= 4 is 27.3 Å². The number of amides is 1. The molecule has 0 aliphatic heterocycles. The van der Waals surface area contributed by atoms with Gasteiger partial charge in [-0.2, -0.15) is 0 Å². The lowest BCUT2D eigenvalue weighted by Crippen LogP contribution is -2.20. The van der Waals surface area contributed by atoms with Gasteiger partial charge in [0.05, 0.1) is 31.9 Å². The number of anilines is 2. The van der Waals surface area contributed by atoms with E-state index < -0.39 is 10.0 Å². The normalized spacial score (nSPS) is 10.8. The van der Waals surface area contributed by atoms with E-state index in [0.717, 1.165) is 0 Å². The van der Waals surface area contributed by atoms with Gasteiger partial charge in [0.25, 0.3) is 15.9 Å². The summed E-state index contributed by atoms with van der Waals surface area (Å²) in [7, 11) is 0.581. The van der Waals surface area contributed by atoms with Gasteiger partial charge in [-0.3, -0.25) is 9.52 Å². The van der Waals surface area contributed by atoms with Crippen molar-refractivity contribution in [1.82, 2.24) is 0 Å². The first kappa shape index (κ1) is 23.7. The quantitative estimate of drug-likeness (QED) is 0.464. The highest BCUT2D eigenvalue weighted by molar-refractivity contribution is 7.92. The third-order valence-corrected chi connectivity index (χ3v) is 5.91. The molecule has 0 atom stereocenters. The number of nitrogens with one attached hydrogen (secondary N) is 2. The molecule has 0 aromatic heterocycles. The number of carbonyl (C=O) groups excluding carboxylic acids is 1. The van der Waals surface area contributed by atoms with Gasteiger partial charge >= 0.3 is 0 Å². The molecule has 3 aromatic carbocycles. The molecule has 2 N–H and O–H groups in total. The highest BCUT2D eigenvalue weighted by Crippen LogP contribution is 2.31. The van der Waals surface area contributed by atoms with Gasteiger partial charge in [0.15, 0.2) is 6.61 Å². The average Bonchev–Trinajstić information content (AvgIpc) is 2.83. The molecule has 0 unspecified atom stereocenters. The summed E-state index contributed by atoms with van der Waals surface area (Å²) in [4.78, 5) is 12.2. The molecule has 10 heteroatoms. The van der Waals surface area contributed by atoms with E-state index in [1.165, 1.54) is 44.6 Å². The number of hydrogen-bond acceptors (Lipinski definition) is 7. The summed E-state index contributed by atoms with van der Waals surface area (Å²) in [6.07, 6.45) is 0. The van der Waals surface area contributed by atoms with E-state index in [0.29, 0.717) is 28.7 Å². The Hall–Kier alpha value is -3.92. The maximum Gasteiger partial charge on any atom is 0.262 e. The van der Waals surface area contributed by atoms with E-state index in [1.807, 2.05) is 0 Å². The van der Waals surface area contributed by atoms with Crippen LogP contribution in [-0.4, -0.2) is 42.3 Å². The van der Waals surface area contributed by atoms with Gasteiger partial charge in [0.2, 0.25) is 0 Å². The standard InChI is InChI=1S/C23H24N2O7S/c1-29-17-6-8-18(9-7-17)32-15-23(26)24-16-4-11-20(12-5-16)33(27,28)25-21-14-19(30-2)10-13-22(21)31-3/h4-14,25H,15H2,1-3H3,(H,24,26). The van der Waals surface area contributed by atoms with Crippen LogP contribution in [0.5, 0.6) is 23.0 Å². The van der Waals surface area contributed by atoms with Gasteiger partial charge in [-0.1, -0.05) is 0 Å². The molecule has 0 aliphatic carbocycles. The van der Waals surface area contributed by atoms with E-state index in [9.17, 15) is 13.2 Å². The van der Waals surface area contributed by atoms with E-state index in [1.54, 1.807) is 43.5 Å². The Morgan fingerprint density at radius 3 is 2.00 bits per heavy atom. The lowest BCUT2D eigenvalue weighted by Gasteiger charge is -2.13. The van der Waals surface area contributed by atoms with Crippen LogP contribution in [0.25, 0.3) is 0 Å². The molecule has 33 heavy (non-hydrogen) atoms. The number of carbonyl (C=O) groups is 1. The summed E-state index contributed by atoms with van der Waals surface area (Å²) < 4.78 is 48.9. The predicted octanol–water partition coefficient (Wildman–Crippen LogP) is 3.53. The highest BCUT2D eigenvalue weighted by Gasteiger charge is 2.17. The number of rotatable bonds is 10. The number of ether oxygens (including phenoxy) is 4. The van der Waals surface area contributed by atoms with Crippen molar-refractivity contribution in [3.8, 4) is 23.0 Å². The molecule has 0 saturated carbocycles. The Bertz CT molecular complexity index is 1190. The minimum atomic E-state index is -3.90. The summed E-state index contributed by atoms with van der Waals surface area (Å²) in [6, 6.07) is 17.4. The van der Waals surface area contributed by atoms with Crippen molar-refractivity contribution in [2.24, 2.45) is 0 Å². The van der Waals surface area contributed by atoms with E-state index in [2.05, 4.69) is 10.0 Å². The lowest BCUT2D eigenvalue weighted by molar-refractivity contribution is -0.118. The van der Waals surface area contributed by atoms with Gasteiger partial charge in [-0.15, -0.1) is 0 Å². The van der Waals surface area contributed by atoms with Crippen LogP contribution in [0.3, 0.4) is 0 Å². The minimum Gasteiger partial charge on any atom is -0.497 e. The molecule has 0 saturated heterocycles. The monoisotopic (exact) mass is 472 g/mol. The maximum atomic E-state index is 12.8. The molecule has 0 heterocycles. The molecule has 0 aliphatic rings. The summed E-state index contributed by atoms with van der Waals surface area (Å²) in [5.74, 6) is 1.64. The lowest BCUT2D eigenvalue weighted by atomic mass is 10.3. The summed E-state index contributed by atoms with van der Waals surface area (Å²) in [5.41, 5.74) is 0.668. The van der Waals surface area contributed by atoms with Gasteiger partial charge < -0.3 is 24.3 Å². The fourth-order valence-corrected chi connectivity index (χ4v) is 3.89. The number of hydrogen-bond donors (Lipinski definition) is 2. The third-order valence-electron chi connectivity index (χ3n) is 4.53. The molecule has 0 bridgehead atoms. The molecule has 3 aromatic rings. The Morgan fingerprint density at radius 1 is 0.788 bits per heavy atom. The molecule has 0 spiro atoms. The van der Waals surface area contributed by atoms with Crippen LogP contribution in [0.2, 0.25) is 0 Å². The molecule has 1 amide bonds. The summed E-state index contributed by atoms with van der Waals surface area (Å²) in [5, 5.41) is 2.66. The summed E-state index contributed by atoms with van der Waals surface area (Å²) >= 11 is 0. The first-order valence-corrected chi connectivity index (χ1v) is 11.2. The zero-order chi connectivity index (χ0) is 23.8. The Kier molecular flexibility index (Phi) is 7.62. The molecule has 9 nitrogen and oxygen atoms in total. The van der Waals surface area contributed by atoms with Crippen LogP contribution in [0.4, 0.5) is 11.4 Å². The van der Waals surface area contributed by atoms with Gasteiger partial charge in [0, 0.05) is 11.8 Å². The topological polar surface area (TPSA) is 112 Å². The second-order valence-corrected chi connectivity index (χ2v) is 8.39. The fourth-order valence-electron chi connectivity index (χ4n) is 2.83. The van der Waals surface area contributed by atoms with Gasteiger partial charge in [0.1, 0.15) is 23.0 Å². The van der Waals surface area contributed by atoms with Crippen LogP contribution >= 0.6 is 0 Å². The number of methoxy groups -OCH3 is 3. The zero-order valence-electron chi connectivity index (χ0n) is 18.3. The van der Waals surface area contributed by atoms with Crippen molar-refractivity contribution in [2.75, 3.05) is 38.0 Å². The molecular formula is C23H24N2O7S. The third kappa shape index (κ3) is 6.30. The van der Waals surface area contributed by atoms with Gasteiger partial charge in [-0.05, 0) is 60.7 Å². The van der Waals surface area contributed by atoms with E-state index in [-0.39, 0.29) is 23.1 Å². The molecule has 174 valence electrons. The second kappa shape index (κ2) is 10.6. The first-order valence-electron chi connectivity index (χ1n) is 9.76. The molecule has 3 rings (SSSR count). The largest absolute Gasteiger partial charge is 0.497 e. The maximum absolute atomic E-state index is 12.8. The van der Waals surface area contributed by atoms with E-state index >= 15 is 0 Å². The number of sulfonamides is 1. The van der Waals surface area contributed by atoms with E-state index in [4.69, 9.17) is 18.9 Å². The molecule has 0 radical (unpaired) electrons. The Labute approximate surface area is 192 Å². The Balaban J connectivity index is 1.62. The smallest absolute Gasteiger partial charge is 0.262 e. The minimum absolute atomic E-state index is 0.0138. The second-order valence-electron chi connectivity index (χ2n) is 6.71. The highest BCUT2D eigenvalue weighted by atomic mass is 32.2. The van der Waals surface area contributed by atoms with Crippen molar-refractivity contribution in [3.05, 3.63) is 66.7 Å². The van der Waals surface area contributed by atoms with Crippen LogP contribution in [0.1, 0.15) is 0 Å². The van der Waals surface area contributed by atoms with Crippen LogP contribution < -0.4 is 29.0 Å². The van der Waals surface area contributed by atoms with Crippen molar-refractivity contribution < 1.29 is 32.2 Å². The Morgan fingerprint density at radius 2 is 1.39 bits per heavy atom. The van der Waals surface area contributed by atoms with Gasteiger partial charge in [-0.25, -0.2) is 8.42 Å². The SMILES string of the molecule is COc1ccc(OCC(=O)Nc2ccc(S(=O)(=O)Nc3cc(OC)ccc3OC)cc2)cc1.